The molecule has 198 valence electrons. The van der Waals surface area contributed by atoms with Gasteiger partial charge in [-0.3, -0.25) is 19.4 Å². The van der Waals surface area contributed by atoms with Crippen molar-refractivity contribution in [3.8, 4) is 5.75 Å². The highest BCUT2D eigenvalue weighted by molar-refractivity contribution is 8.14. The molecule has 0 radical (unpaired) electrons. The van der Waals surface area contributed by atoms with E-state index < -0.39 is 0 Å². The van der Waals surface area contributed by atoms with E-state index in [0.29, 0.717) is 18.2 Å². The first-order valence-corrected chi connectivity index (χ1v) is 14.8. The second-order valence-corrected chi connectivity index (χ2v) is 11.6. The van der Waals surface area contributed by atoms with Crippen LogP contribution in [-0.2, 0) is 16.0 Å². The number of ether oxygens (including phenoxy) is 1. The Morgan fingerprint density at radius 2 is 1.76 bits per heavy atom. The molecule has 37 heavy (non-hydrogen) atoms. The van der Waals surface area contributed by atoms with Crippen LogP contribution in [0.1, 0.15) is 55.7 Å². The smallest absolute Gasteiger partial charge is 0.258 e. The quantitative estimate of drug-likeness (QED) is 0.526. The summed E-state index contributed by atoms with van der Waals surface area (Å²) >= 11 is 1.29. The molecule has 1 N–H and O–H groups in total. The van der Waals surface area contributed by atoms with Gasteiger partial charge in [-0.1, -0.05) is 73.5 Å². The fourth-order valence-electron chi connectivity index (χ4n) is 5.99. The van der Waals surface area contributed by atoms with Crippen LogP contribution >= 0.6 is 11.8 Å². The highest BCUT2D eigenvalue weighted by atomic mass is 32.2. The van der Waals surface area contributed by atoms with Crippen molar-refractivity contribution in [2.24, 2.45) is 0 Å². The van der Waals surface area contributed by atoms with Crippen LogP contribution < -0.4 is 10.1 Å². The van der Waals surface area contributed by atoms with E-state index in [1.54, 1.807) is 0 Å². The van der Waals surface area contributed by atoms with Crippen molar-refractivity contribution < 1.29 is 14.3 Å². The minimum atomic E-state index is -0.377. The van der Waals surface area contributed by atoms with E-state index in [1.807, 2.05) is 12.1 Å². The van der Waals surface area contributed by atoms with Gasteiger partial charge in [-0.2, -0.15) is 0 Å². The van der Waals surface area contributed by atoms with E-state index >= 15 is 0 Å². The molecule has 6 nitrogen and oxygen atoms in total. The van der Waals surface area contributed by atoms with Gasteiger partial charge in [0.1, 0.15) is 5.75 Å². The number of thioether (sulfide) groups is 1. The Hall–Kier alpha value is -2.35. The van der Waals surface area contributed by atoms with E-state index in [1.165, 1.54) is 55.0 Å². The molecule has 2 unspecified atom stereocenters. The van der Waals surface area contributed by atoms with Gasteiger partial charge < -0.3 is 10.1 Å². The topological polar surface area (TPSA) is 61.9 Å². The number of amides is 1. The molecule has 2 saturated heterocycles. The van der Waals surface area contributed by atoms with Gasteiger partial charge >= 0.3 is 0 Å². The predicted molar refractivity (Wildman–Crippen MR) is 149 cm³/mol. The average Bonchev–Trinajstić information content (AvgIpc) is 3.36. The zero-order valence-electron chi connectivity index (χ0n) is 21.6. The molecule has 3 aliphatic rings. The van der Waals surface area contributed by atoms with Crippen molar-refractivity contribution in [1.82, 2.24) is 15.1 Å². The van der Waals surface area contributed by atoms with Gasteiger partial charge in [0.15, 0.2) is 6.61 Å². The van der Waals surface area contributed by atoms with Gasteiger partial charge in [-0.05, 0) is 48.9 Å². The van der Waals surface area contributed by atoms with Crippen LogP contribution in [0.5, 0.6) is 5.75 Å². The Morgan fingerprint density at radius 1 is 0.973 bits per heavy atom. The van der Waals surface area contributed by atoms with Crippen LogP contribution in [0.2, 0.25) is 0 Å². The maximum Gasteiger partial charge on any atom is 0.258 e. The van der Waals surface area contributed by atoms with E-state index in [-0.39, 0.29) is 23.7 Å². The Morgan fingerprint density at radius 3 is 2.49 bits per heavy atom. The summed E-state index contributed by atoms with van der Waals surface area (Å²) in [5.74, 6) is 1.21. The molecule has 1 aliphatic carbocycles. The second-order valence-electron chi connectivity index (χ2n) is 10.5. The Bertz CT molecular complexity index is 1040. The Balaban J connectivity index is 1.20. The first-order chi connectivity index (χ1) is 18.2. The minimum absolute atomic E-state index is 0.0434. The number of hydrogen-bond donors (Lipinski definition) is 1. The zero-order valence-corrected chi connectivity index (χ0v) is 22.5. The third kappa shape index (κ3) is 7.15. The molecular weight excluding hydrogens is 482 g/mol. The van der Waals surface area contributed by atoms with Crippen molar-refractivity contribution in [1.29, 1.82) is 0 Å². The van der Waals surface area contributed by atoms with Crippen LogP contribution in [-0.4, -0.2) is 71.4 Å². The van der Waals surface area contributed by atoms with Gasteiger partial charge in [-0.25, -0.2) is 0 Å². The van der Waals surface area contributed by atoms with Gasteiger partial charge in [0.2, 0.25) is 5.12 Å². The SMILES string of the molecule is O=C(COc1cccc(CC(c2ccccc2)N2CCN(C3CCCCC3)CC2)c1)NC1CCSC1=O. The minimum Gasteiger partial charge on any atom is -0.484 e. The Kier molecular flexibility index (Phi) is 9.19. The zero-order chi connectivity index (χ0) is 25.5. The van der Waals surface area contributed by atoms with Gasteiger partial charge in [-0.15, -0.1) is 0 Å². The molecule has 2 aromatic carbocycles. The molecule has 2 heterocycles. The molecule has 2 aliphatic heterocycles. The number of carbonyl (C=O) groups excluding carboxylic acids is 2. The Labute approximate surface area is 225 Å². The number of benzene rings is 2. The largest absolute Gasteiger partial charge is 0.484 e. The maximum atomic E-state index is 12.3. The summed E-state index contributed by atoms with van der Waals surface area (Å²) in [6.07, 6.45) is 8.49. The third-order valence-corrected chi connectivity index (χ3v) is 9.04. The summed E-state index contributed by atoms with van der Waals surface area (Å²) < 4.78 is 5.82. The highest BCUT2D eigenvalue weighted by Gasteiger charge is 2.29. The lowest BCUT2D eigenvalue weighted by atomic mass is 9.93. The number of nitrogens with one attached hydrogen (secondary N) is 1. The van der Waals surface area contributed by atoms with Gasteiger partial charge in [0.05, 0.1) is 6.04 Å². The molecule has 7 heteroatoms. The number of hydrogen-bond acceptors (Lipinski definition) is 6. The summed E-state index contributed by atoms with van der Waals surface area (Å²) in [5, 5.41) is 2.84. The van der Waals surface area contributed by atoms with Crippen LogP contribution in [0.15, 0.2) is 54.6 Å². The summed E-state index contributed by atoms with van der Waals surface area (Å²) in [5.41, 5.74) is 2.54. The normalized spacial score (nSPS) is 22.6. The molecule has 5 rings (SSSR count). The van der Waals surface area contributed by atoms with Crippen molar-refractivity contribution in [2.75, 3.05) is 38.5 Å². The second kappa shape index (κ2) is 12.9. The highest BCUT2D eigenvalue weighted by Crippen LogP contribution is 2.30. The van der Waals surface area contributed by atoms with E-state index in [4.69, 9.17) is 4.74 Å². The fourth-order valence-corrected chi connectivity index (χ4v) is 6.92. The molecule has 2 atom stereocenters. The van der Waals surface area contributed by atoms with E-state index in [9.17, 15) is 9.59 Å². The summed E-state index contributed by atoms with van der Waals surface area (Å²) in [7, 11) is 0. The standard InChI is InChI=1S/C30H39N3O3S/c34-29(31-27-14-19-37-30(27)35)22-36-26-13-7-8-23(20-26)21-28(24-9-3-1-4-10-24)33-17-15-32(16-18-33)25-11-5-2-6-12-25/h1,3-4,7-10,13,20,25,27-28H,2,5-6,11-12,14-19,21-22H2,(H,31,34). The summed E-state index contributed by atoms with van der Waals surface area (Å²) in [6.45, 7) is 4.39. The first kappa shape index (κ1) is 26.3. The monoisotopic (exact) mass is 521 g/mol. The summed E-state index contributed by atoms with van der Waals surface area (Å²) in [6, 6.07) is 19.6. The van der Waals surface area contributed by atoms with E-state index in [0.717, 1.165) is 44.4 Å². The molecular formula is C30H39N3O3S. The lowest BCUT2D eigenvalue weighted by Gasteiger charge is -2.43. The van der Waals surface area contributed by atoms with Crippen LogP contribution in [0.4, 0.5) is 0 Å². The first-order valence-electron chi connectivity index (χ1n) is 13.9. The molecule has 1 saturated carbocycles. The van der Waals surface area contributed by atoms with Gasteiger partial charge in [0, 0.05) is 44.0 Å². The fraction of sp³-hybridized carbons (Fsp3) is 0.533. The maximum absolute atomic E-state index is 12.3. The number of nitrogens with zero attached hydrogens (tertiary/aromatic N) is 2. The van der Waals surface area contributed by atoms with Crippen LogP contribution in [0.25, 0.3) is 0 Å². The third-order valence-electron chi connectivity index (χ3n) is 8.03. The summed E-state index contributed by atoms with van der Waals surface area (Å²) in [4.78, 5) is 29.5. The number of carbonyl (C=O) groups is 2. The van der Waals surface area contributed by atoms with Gasteiger partial charge in [0.25, 0.3) is 5.91 Å². The van der Waals surface area contributed by atoms with Crippen LogP contribution in [0, 0.1) is 0 Å². The lowest BCUT2D eigenvalue weighted by molar-refractivity contribution is -0.126. The van der Waals surface area contributed by atoms with Crippen molar-refractivity contribution in [2.45, 2.75) is 63.1 Å². The van der Waals surface area contributed by atoms with Crippen molar-refractivity contribution >= 4 is 22.8 Å². The predicted octanol–water partition coefficient (Wildman–Crippen LogP) is 4.45. The molecule has 0 spiro atoms. The molecule has 3 fully saturated rings. The van der Waals surface area contributed by atoms with Crippen LogP contribution in [0.3, 0.4) is 0 Å². The van der Waals surface area contributed by atoms with E-state index in [2.05, 4.69) is 57.6 Å². The van der Waals surface area contributed by atoms with Crippen molar-refractivity contribution in [3.05, 3.63) is 65.7 Å². The van der Waals surface area contributed by atoms with Crippen molar-refractivity contribution in [3.63, 3.8) is 0 Å². The molecule has 0 aromatic heterocycles. The number of rotatable bonds is 9. The molecule has 0 bridgehead atoms. The molecule has 1 amide bonds. The lowest BCUT2D eigenvalue weighted by Crippen LogP contribution is -2.51. The average molecular weight is 522 g/mol. The number of piperazine rings is 1. The molecule has 2 aromatic rings.